The van der Waals surface area contributed by atoms with Crippen LogP contribution in [0.3, 0.4) is 0 Å². The Morgan fingerprint density at radius 2 is 1.27 bits per heavy atom. The summed E-state index contributed by atoms with van der Waals surface area (Å²) in [5.74, 6) is 0. The minimum atomic E-state index is -0.515. The molecule has 7 nitrogen and oxygen atoms in total. The lowest BCUT2D eigenvalue weighted by Crippen LogP contribution is -2.38. The predicted octanol–water partition coefficient (Wildman–Crippen LogP) is 6.37. The topological polar surface area (TPSA) is 67.6 Å². The molecule has 5 aromatic rings. The number of benzene rings is 3. The van der Waals surface area contributed by atoms with Crippen LogP contribution in [0.4, 0.5) is 0 Å². The van der Waals surface area contributed by atoms with Crippen LogP contribution in [-0.4, -0.2) is 39.5 Å². The molecule has 3 heterocycles. The average Bonchev–Trinajstić information content (AvgIpc) is 3.58. The van der Waals surface area contributed by atoms with Gasteiger partial charge < -0.3 is 23.5 Å². The van der Waals surface area contributed by atoms with E-state index in [-0.39, 0.29) is 6.10 Å². The summed E-state index contributed by atoms with van der Waals surface area (Å²) in [5.41, 5.74) is 3.90. The number of fused-ring (bicyclic) bond motifs is 1. The first kappa shape index (κ1) is 26.6. The molecule has 6 rings (SSSR count). The third kappa shape index (κ3) is 6.09. The predicted molar refractivity (Wildman–Crippen MR) is 153 cm³/mol. The molecule has 8 heteroatoms. The molecule has 0 radical (unpaired) electrons. The standard InChI is InChI=1S/C32H30ClN3O4/c33-30-26-16-17-36(31(26)35-22-34-30)32-29(39-20-25-14-8-3-9-15-25)28(38-19-24-12-6-2-7-13-24)27(40-32)21-37-18-23-10-4-1-5-11-23/h1-17,22,27-29,32H,18-21H2/t27-,28-,29+,32+/m1/s1. The molecule has 1 saturated heterocycles. The second-order valence-electron chi connectivity index (χ2n) is 9.71. The molecule has 1 aliphatic rings. The number of nitrogens with zero attached hydrogens (tertiary/aromatic N) is 3. The number of aromatic nitrogens is 3. The number of halogens is 1. The fraction of sp³-hybridized carbons (Fsp3) is 0.250. The molecular formula is C32H30ClN3O4. The van der Waals surface area contributed by atoms with Crippen molar-refractivity contribution in [2.24, 2.45) is 0 Å². The molecule has 0 bridgehead atoms. The smallest absolute Gasteiger partial charge is 0.164 e. The van der Waals surface area contributed by atoms with Crippen molar-refractivity contribution in [3.05, 3.63) is 131 Å². The van der Waals surface area contributed by atoms with Crippen molar-refractivity contribution in [3.8, 4) is 0 Å². The third-order valence-corrected chi connectivity index (χ3v) is 7.29. The Labute approximate surface area is 238 Å². The van der Waals surface area contributed by atoms with Gasteiger partial charge in [0.2, 0.25) is 0 Å². The van der Waals surface area contributed by atoms with Crippen LogP contribution in [0.2, 0.25) is 5.15 Å². The summed E-state index contributed by atoms with van der Waals surface area (Å²) in [5, 5.41) is 1.14. The molecule has 204 valence electrons. The summed E-state index contributed by atoms with van der Waals surface area (Å²) in [6.45, 7) is 1.64. The fourth-order valence-electron chi connectivity index (χ4n) is 4.99. The van der Waals surface area contributed by atoms with Crippen LogP contribution in [0.15, 0.2) is 110 Å². The van der Waals surface area contributed by atoms with E-state index in [9.17, 15) is 0 Å². The van der Waals surface area contributed by atoms with Crippen molar-refractivity contribution in [1.82, 2.24) is 14.5 Å². The molecule has 2 aromatic heterocycles. The molecular weight excluding hydrogens is 526 g/mol. The molecule has 0 spiro atoms. The van der Waals surface area contributed by atoms with E-state index >= 15 is 0 Å². The lowest BCUT2D eigenvalue weighted by atomic mass is 10.1. The van der Waals surface area contributed by atoms with E-state index in [1.165, 1.54) is 6.33 Å². The first-order chi connectivity index (χ1) is 19.8. The Hall–Kier alpha value is -3.59. The molecule has 0 N–H and O–H groups in total. The second kappa shape index (κ2) is 12.7. The van der Waals surface area contributed by atoms with Gasteiger partial charge in [-0.2, -0.15) is 0 Å². The van der Waals surface area contributed by atoms with Crippen LogP contribution in [0.25, 0.3) is 11.0 Å². The van der Waals surface area contributed by atoms with Gasteiger partial charge in [0.25, 0.3) is 0 Å². The van der Waals surface area contributed by atoms with E-state index in [4.69, 9.17) is 30.5 Å². The van der Waals surface area contributed by atoms with Gasteiger partial charge in [0.05, 0.1) is 31.8 Å². The SMILES string of the molecule is Clc1ncnc2c1ccn2[C@H]1O[C@H](COCc2ccccc2)[C@@H](OCc2ccccc2)[C@@H]1OCc1ccccc1. The average molecular weight is 556 g/mol. The first-order valence-electron chi connectivity index (χ1n) is 13.3. The van der Waals surface area contributed by atoms with E-state index in [2.05, 4.69) is 9.97 Å². The summed E-state index contributed by atoms with van der Waals surface area (Å²) in [7, 11) is 0. The third-order valence-electron chi connectivity index (χ3n) is 6.98. The Bertz CT molecular complexity index is 1500. The van der Waals surface area contributed by atoms with E-state index in [1.807, 2.05) is 108 Å². The highest BCUT2D eigenvalue weighted by molar-refractivity contribution is 6.33. The normalized spacial score (nSPS) is 20.7. The van der Waals surface area contributed by atoms with Crippen molar-refractivity contribution in [1.29, 1.82) is 0 Å². The van der Waals surface area contributed by atoms with Crippen molar-refractivity contribution in [2.75, 3.05) is 6.61 Å². The molecule has 0 unspecified atom stereocenters. The zero-order chi connectivity index (χ0) is 27.1. The maximum Gasteiger partial charge on any atom is 0.164 e. The largest absolute Gasteiger partial charge is 0.374 e. The lowest BCUT2D eigenvalue weighted by Gasteiger charge is -2.26. The Kier molecular flexibility index (Phi) is 8.47. The van der Waals surface area contributed by atoms with Crippen LogP contribution in [-0.2, 0) is 38.8 Å². The number of rotatable bonds is 11. The summed E-state index contributed by atoms with van der Waals surface area (Å²) < 4.78 is 27.9. The zero-order valence-electron chi connectivity index (χ0n) is 21.9. The summed E-state index contributed by atoms with van der Waals surface area (Å²) >= 11 is 6.38. The zero-order valence-corrected chi connectivity index (χ0v) is 22.6. The maximum atomic E-state index is 6.68. The van der Waals surface area contributed by atoms with Gasteiger partial charge >= 0.3 is 0 Å². The van der Waals surface area contributed by atoms with Gasteiger partial charge in [-0.15, -0.1) is 0 Å². The molecule has 3 aromatic carbocycles. The molecule has 0 saturated carbocycles. The van der Waals surface area contributed by atoms with Crippen LogP contribution in [0, 0.1) is 0 Å². The van der Waals surface area contributed by atoms with Crippen LogP contribution < -0.4 is 0 Å². The van der Waals surface area contributed by atoms with Gasteiger partial charge in [0, 0.05) is 6.20 Å². The van der Waals surface area contributed by atoms with Crippen molar-refractivity contribution < 1.29 is 18.9 Å². The van der Waals surface area contributed by atoms with Gasteiger partial charge in [-0.1, -0.05) is 103 Å². The molecule has 1 aliphatic heterocycles. The molecule has 1 fully saturated rings. The van der Waals surface area contributed by atoms with E-state index in [1.54, 1.807) is 0 Å². The van der Waals surface area contributed by atoms with E-state index in [0.717, 1.165) is 22.1 Å². The molecule has 4 atom stereocenters. The van der Waals surface area contributed by atoms with Crippen molar-refractivity contribution >= 4 is 22.6 Å². The van der Waals surface area contributed by atoms with Crippen LogP contribution in [0.1, 0.15) is 22.9 Å². The Morgan fingerprint density at radius 3 is 1.90 bits per heavy atom. The summed E-state index contributed by atoms with van der Waals surface area (Å²) in [6, 6.07) is 32.2. The Balaban J connectivity index is 1.29. The fourth-order valence-corrected chi connectivity index (χ4v) is 5.18. The Morgan fingerprint density at radius 1 is 0.700 bits per heavy atom. The maximum absolute atomic E-state index is 6.68. The second-order valence-corrected chi connectivity index (χ2v) is 10.1. The number of hydrogen-bond donors (Lipinski definition) is 0. The van der Waals surface area contributed by atoms with E-state index in [0.29, 0.717) is 37.2 Å². The van der Waals surface area contributed by atoms with Gasteiger partial charge in [0.15, 0.2) is 6.23 Å². The van der Waals surface area contributed by atoms with Gasteiger partial charge in [0.1, 0.15) is 35.4 Å². The highest BCUT2D eigenvalue weighted by Gasteiger charge is 2.48. The van der Waals surface area contributed by atoms with Crippen LogP contribution in [0.5, 0.6) is 0 Å². The van der Waals surface area contributed by atoms with Crippen molar-refractivity contribution in [3.63, 3.8) is 0 Å². The lowest BCUT2D eigenvalue weighted by molar-refractivity contribution is -0.0913. The van der Waals surface area contributed by atoms with Crippen molar-refractivity contribution in [2.45, 2.75) is 44.4 Å². The summed E-state index contributed by atoms with van der Waals surface area (Å²) in [6.07, 6.45) is 1.63. The minimum Gasteiger partial charge on any atom is -0.374 e. The molecule has 0 aliphatic carbocycles. The highest BCUT2D eigenvalue weighted by atomic mass is 35.5. The monoisotopic (exact) mass is 555 g/mol. The van der Waals surface area contributed by atoms with E-state index < -0.39 is 18.4 Å². The van der Waals surface area contributed by atoms with Gasteiger partial charge in [-0.05, 0) is 22.8 Å². The molecule has 40 heavy (non-hydrogen) atoms. The first-order valence-corrected chi connectivity index (χ1v) is 13.7. The van der Waals surface area contributed by atoms with Crippen LogP contribution >= 0.6 is 11.6 Å². The quantitative estimate of drug-likeness (QED) is 0.176. The van der Waals surface area contributed by atoms with Gasteiger partial charge in [-0.25, -0.2) is 9.97 Å². The van der Waals surface area contributed by atoms with Gasteiger partial charge in [-0.3, -0.25) is 0 Å². The number of ether oxygens (including phenoxy) is 4. The molecule has 0 amide bonds. The highest BCUT2D eigenvalue weighted by Crippen LogP contribution is 2.37. The minimum absolute atomic E-state index is 0.338. The number of hydrogen-bond acceptors (Lipinski definition) is 6. The summed E-state index contributed by atoms with van der Waals surface area (Å²) in [4.78, 5) is 8.63.